The molecule has 4 N–H and O–H groups in total. The lowest BCUT2D eigenvalue weighted by Crippen LogP contribution is -2.48. The van der Waals surface area contributed by atoms with Gasteiger partial charge in [0, 0.05) is 19.1 Å². The maximum atomic E-state index is 13.7. The van der Waals surface area contributed by atoms with E-state index in [1.54, 1.807) is 12.1 Å². The Morgan fingerprint density at radius 3 is 2.83 bits per heavy atom. The second-order valence-electron chi connectivity index (χ2n) is 4.87. The molecule has 1 aliphatic heterocycles. The van der Waals surface area contributed by atoms with Gasteiger partial charge in [-0.25, -0.2) is 4.39 Å². The Hall–Kier alpha value is -1.62. The minimum Gasteiger partial charge on any atom is -0.369 e. The van der Waals surface area contributed by atoms with Crippen LogP contribution in [0.25, 0.3) is 0 Å². The Morgan fingerprint density at radius 1 is 1.50 bits per heavy atom. The lowest BCUT2D eigenvalue weighted by molar-refractivity contribution is 0.0997. The standard InChI is InChI=1S/C13H18FN3O/c1-8-5-6-17(7-10(8)15)11-4-2-3-9(14)12(11)13(16)18/h2-4,8,10H,5-7,15H2,1H3,(H2,16,18). The second-order valence-corrected chi connectivity index (χ2v) is 4.87. The highest BCUT2D eigenvalue weighted by atomic mass is 19.1. The van der Waals surface area contributed by atoms with Gasteiger partial charge in [0.15, 0.2) is 0 Å². The minimum atomic E-state index is -0.740. The number of benzene rings is 1. The van der Waals surface area contributed by atoms with Crippen LogP contribution >= 0.6 is 0 Å². The molecule has 1 amide bonds. The summed E-state index contributed by atoms with van der Waals surface area (Å²) >= 11 is 0. The summed E-state index contributed by atoms with van der Waals surface area (Å²) in [5, 5.41) is 0. The van der Waals surface area contributed by atoms with Gasteiger partial charge in [0.2, 0.25) is 0 Å². The molecule has 98 valence electrons. The van der Waals surface area contributed by atoms with Crippen molar-refractivity contribution in [3.8, 4) is 0 Å². The fourth-order valence-corrected chi connectivity index (χ4v) is 2.34. The van der Waals surface area contributed by atoms with Crippen LogP contribution in [-0.4, -0.2) is 25.0 Å². The first kappa shape index (κ1) is 12.8. The molecule has 2 rings (SSSR count). The van der Waals surface area contributed by atoms with Crippen molar-refractivity contribution in [1.82, 2.24) is 0 Å². The molecule has 0 radical (unpaired) electrons. The Labute approximate surface area is 106 Å². The van der Waals surface area contributed by atoms with E-state index in [-0.39, 0.29) is 11.6 Å². The van der Waals surface area contributed by atoms with E-state index in [4.69, 9.17) is 11.5 Å². The zero-order valence-electron chi connectivity index (χ0n) is 10.4. The molecule has 1 saturated heterocycles. The summed E-state index contributed by atoms with van der Waals surface area (Å²) in [6, 6.07) is 4.57. The molecule has 2 unspecified atom stereocenters. The average molecular weight is 251 g/mol. The summed E-state index contributed by atoms with van der Waals surface area (Å²) in [5.74, 6) is -0.880. The van der Waals surface area contributed by atoms with Crippen LogP contribution in [0.2, 0.25) is 0 Å². The molecule has 0 bridgehead atoms. The topological polar surface area (TPSA) is 72.3 Å². The van der Waals surface area contributed by atoms with Crippen LogP contribution in [0.1, 0.15) is 23.7 Å². The van der Waals surface area contributed by atoms with E-state index in [2.05, 4.69) is 6.92 Å². The van der Waals surface area contributed by atoms with Crippen LogP contribution in [-0.2, 0) is 0 Å². The Bertz CT molecular complexity index is 464. The van der Waals surface area contributed by atoms with Gasteiger partial charge in [-0.2, -0.15) is 0 Å². The molecule has 1 aromatic rings. The highest BCUT2D eigenvalue weighted by Gasteiger charge is 2.26. The zero-order valence-corrected chi connectivity index (χ0v) is 10.4. The molecule has 18 heavy (non-hydrogen) atoms. The van der Waals surface area contributed by atoms with Gasteiger partial charge in [0.25, 0.3) is 5.91 Å². The molecule has 0 aromatic heterocycles. The summed E-state index contributed by atoms with van der Waals surface area (Å²) < 4.78 is 13.7. The highest BCUT2D eigenvalue weighted by molar-refractivity contribution is 5.99. The Morgan fingerprint density at radius 2 is 2.22 bits per heavy atom. The van der Waals surface area contributed by atoms with Crippen molar-refractivity contribution < 1.29 is 9.18 Å². The first-order valence-corrected chi connectivity index (χ1v) is 6.09. The molecule has 1 heterocycles. The van der Waals surface area contributed by atoms with E-state index in [1.807, 2.05) is 4.90 Å². The number of carbonyl (C=O) groups excluding carboxylic acids is 1. The summed E-state index contributed by atoms with van der Waals surface area (Å²) in [4.78, 5) is 13.3. The number of halogens is 1. The number of rotatable bonds is 2. The van der Waals surface area contributed by atoms with Crippen molar-refractivity contribution in [3.05, 3.63) is 29.6 Å². The zero-order chi connectivity index (χ0) is 13.3. The van der Waals surface area contributed by atoms with Crippen molar-refractivity contribution in [1.29, 1.82) is 0 Å². The van der Waals surface area contributed by atoms with E-state index in [9.17, 15) is 9.18 Å². The van der Waals surface area contributed by atoms with Gasteiger partial charge in [-0.3, -0.25) is 4.79 Å². The van der Waals surface area contributed by atoms with Crippen LogP contribution in [0, 0.1) is 11.7 Å². The van der Waals surface area contributed by atoms with Gasteiger partial charge < -0.3 is 16.4 Å². The van der Waals surface area contributed by atoms with Gasteiger partial charge in [-0.15, -0.1) is 0 Å². The van der Waals surface area contributed by atoms with Crippen LogP contribution in [0.15, 0.2) is 18.2 Å². The van der Waals surface area contributed by atoms with Gasteiger partial charge in [-0.1, -0.05) is 13.0 Å². The minimum absolute atomic E-state index is 0.0303. The summed E-state index contributed by atoms with van der Waals surface area (Å²) in [6.07, 6.45) is 0.926. The maximum Gasteiger partial charge on any atom is 0.253 e. The third-order valence-corrected chi connectivity index (χ3v) is 3.60. The molecule has 0 spiro atoms. The van der Waals surface area contributed by atoms with Crippen LogP contribution < -0.4 is 16.4 Å². The Kier molecular flexibility index (Phi) is 3.52. The number of carbonyl (C=O) groups is 1. The molecule has 1 aliphatic rings. The van der Waals surface area contributed by atoms with Gasteiger partial charge in [0.1, 0.15) is 5.82 Å². The van der Waals surface area contributed by atoms with Gasteiger partial charge in [-0.05, 0) is 24.5 Å². The summed E-state index contributed by atoms with van der Waals surface area (Å²) in [7, 11) is 0. The molecule has 1 fully saturated rings. The van der Waals surface area contributed by atoms with E-state index >= 15 is 0 Å². The highest BCUT2D eigenvalue weighted by Crippen LogP contribution is 2.27. The lowest BCUT2D eigenvalue weighted by atomic mass is 9.93. The third-order valence-electron chi connectivity index (χ3n) is 3.60. The normalized spacial score (nSPS) is 24.1. The van der Waals surface area contributed by atoms with E-state index < -0.39 is 11.7 Å². The van der Waals surface area contributed by atoms with E-state index in [0.29, 0.717) is 18.2 Å². The van der Waals surface area contributed by atoms with Crippen molar-refractivity contribution >= 4 is 11.6 Å². The number of hydrogen-bond acceptors (Lipinski definition) is 3. The maximum absolute atomic E-state index is 13.7. The lowest BCUT2D eigenvalue weighted by Gasteiger charge is -2.37. The first-order chi connectivity index (χ1) is 8.50. The second kappa shape index (κ2) is 4.94. The third kappa shape index (κ3) is 2.31. The number of primary amides is 1. The predicted octanol–water partition coefficient (Wildman–Crippen LogP) is 1.10. The summed E-state index contributed by atoms with van der Waals surface area (Å²) in [5.41, 5.74) is 11.8. The largest absolute Gasteiger partial charge is 0.369 e. The van der Waals surface area contributed by atoms with E-state index in [1.165, 1.54) is 6.07 Å². The van der Waals surface area contributed by atoms with Gasteiger partial charge >= 0.3 is 0 Å². The molecule has 4 nitrogen and oxygen atoms in total. The molecule has 1 aromatic carbocycles. The number of amides is 1. The molecule has 5 heteroatoms. The van der Waals surface area contributed by atoms with Crippen LogP contribution in [0.3, 0.4) is 0 Å². The quantitative estimate of drug-likeness (QED) is 0.826. The fourth-order valence-electron chi connectivity index (χ4n) is 2.34. The number of hydrogen-bond donors (Lipinski definition) is 2. The molecule has 0 saturated carbocycles. The molecule has 0 aliphatic carbocycles. The molecule has 2 atom stereocenters. The predicted molar refractivity (Wildman–Crippen MR) is 68.9 cm³/mol. The van der Waals surface area contributed by atoms with Crippen LogP contribution in [0.4, 0.5) is 10.1 Å². The molecular formula is C13H18FN3O. The summed E-state index contributed by atoms with van der Waals surface area (Å²) in [6.45, 7) is 3.48. The van der Waals surface area contributed by atoms with Crippen molar-refractivity contribution in [2.75, 3.05) is 18.0 Å². The Balaban J connectivity index is 2.34. The number of nitrogens with two attached hydrogens (primary N) is 2. The van der Waals surface area contributed by atoms with Gasteiger partial charge in [0.05, 0.1) is 11.3 Å². The number of nitrogens with zero attached hydrogens (tertiary/aromatic N) is 1. The van der Waals surface area contributed by atoms with Crippen molar-refractivity contribution in [2.24, 2.45) is 17.4 Å². The molecular weight excluding hydrogens is 233 g/mol. The van der Waals surface area contributed by atoms with Crippen molar-refractivity contribution in [2.45, 2.75) is 19.4 Å². The smallest absolute Gasteiger partial charge is 0.253 e. The SMILES string of the molecule is CC1CCN(c2cccc(F)c2C(N)=O)CC1N. The number of piperidine rings is 1. The monoisotopic (exact) mass is 251 g/mol. The average Bonchev–Trinajstić information content (AvgIpc) is 2.32. The first-order valence-electron chi connectivity index (χ1n) is 6.09. The van der Waals surface area contributed by atoms with E-state index in [0.717, 1.165) is 13.0 Å². The fraction of sp³-hybridized carbons (Fsp3) is 0.462. The van der Waals surface area contributed by atoms with Crippen LogP contribution in [0.5, 0.6) is 0 Å². The van der Waals surface area contributed by atoms with Crippen molar-refractivity contribution in [3.63, 3.8) is 0 Å². The number of anilines is 1.